The first kappa shape index (κ1) is 13.7. The maximum atomic E-state index is 11.7. The van der Waals surface area contributed by atoms with Gasteiger partial charge in [0.2, 0.25) is 0 Å². The maximum absolute atomic E-state index is 11.7. The monoisotopic (exact) mass is 255 g/mol. The molecule has 1 spiro atoms. The van der Waals surface area contributed by atoms with E-state index in [-0.39, 0.29) is 23.7 Å². The molecule has 2 fully saturated rings. The lowest BCUT2D eigenvalue weighted by Crippen LogP contribution is -2.50. The van der Waals surface area contributed by atoms with Gasteiger partial charge < -0.3 is 15.2 Å². The molecule has 0 aromatic carbocycles. The lowest BCUT2D eigenvalue weighted by atomic mass is 9.58. The Bertz CT molecular complexity index is 313. The average molecular weight is 255 g/mol. The molecule has 4 nitrogen and oxygen atoms in total. The Hall–Kier alpha value is -0.770. The summed E-state index contributed by atoms with van der Waals surface area (Å²) in [7, 11) is 0. The molecule has 2 N–H and O–H groups in total. The maximum Gasteiger partial charge on any atom is 0.407 e. The second kappa shape index (κ2) is 4.72. The summed E-state index contributed by atoms with van der Waals surface area (Å²) in [5, 5.41) is 12.8. The SMILES string of the molecule is CC(C)(C)OC(=O)NC1CCC2(CC1)CC[C@@H]2O. The topological polar surface area (TPSA) is 58.6 Å². The van der Waals surface area contributed by atoms with Crippen molar-refractivity contribution in [1.82, 2.24) is 5.32 Å². The van der Waals surface area contributed by atoms with Gasteiger partial charge in [-0.1, -0.05) is 0 Å². The van der Waals surface area contributed by atoms with Crippen LogP contribution < -0.4 is 5.32 Å². The molecule has 0 radical (unpaired) electrons. The van der Waals surface area contributed by atoms with E-state index < -0.39 is 5.60 Å². The first-order chi connectivity index (χ1) is 8.31. The summed E-state index contributed by atoms with van der Waals surface area (Å²) in [5.41, 5.74) is -0.268. The van der Waals surface area contributed by atoms with E-state index in [1.54, 1.807) is 0 Å². The number of rotatable bonds is 1. The van der Waals surface area contributed by atoms with Gasteiger partial charge in [-0.25, -0.2) is 4.79 Å². The molecule has 2 aliphatic carbocycles. The zero-order chi connectivity index (χ0) is 13.4. The van der Waals surface area contributed by atoms with E-state index in [0.717, 1.165) is 38.5 Å². The molecular weight excluding hydrogens is 230 g/mol. The summed E-state index contributed by atoms with van der Waals surface area (Å²) < 4.78 is 5.25. The fraction of sp³-hybridized carbons (Fsp3) is 0.929. The molecule has 2 saturated carbocycles. The van der Waals surface area contributed by atoms with Crippen molar-refractivity contribution < 1.29 is 14.6 Å². The van der Waals surface area contributed by atoms with E-state index >= 15 is 0 Å². The normalized spacial score (nSPS) is 36.0. The van der Waals surface area contributed by atoms with Crippen molar-refractivity contribution in [1.29, 1.82) is 0 Å². The Labute approximate surface area is 109 Å². The van der Waals surface area contributed by atoms with Gasteiger partial charge in [0.05, 0.1) is 6.10 Å². The van der Waals surface area contributed by atoms with Crippen LogP contribution in [0.25, 0.3) is 0 Å². The molecule has 2 rings (SSSR count). The molecular formula is C14H25NO3. The highest BCUT2D eigenvalue weighted by molar-refractivity contribution is 5.68. The third-order valence-corrected chi connectivity index (χ3v) is 4.32. The highest BCUT2D eigenvalue weighted by Gasteiger charge is 2.47. The second-order valence-electron chi connectivity index (χ2n) is 6.84. The van der Waals surface area contributed by atoms with E-state index in [9.17, 15) is 9.90 Å². The summed E-state index contributed by atoms with van der Waals surface area (Å²) in [4.78, 5) is 11.7. The first-order valence-corrected chi connectivity index (χ1v) is 6.98. The number of hydrogen-bond donors (Lipinski definition) is 2. The molecule has 2 aliphatic rings. The third-order valence-electron chi connectivity index (χ3n) is 4.32. The van der Waals surface area contributed by atoms with Gasteiger partial charge in [-0.15, -0.1) is 0 Å². The number of amides is 1. The van der Waals surface area contributed by atoms with Crippen molar-refractivity contribution in [3.8, 4) is 0 Å². The van der Waals surface area contributed by atoms with E-state index in [1.165, 1.54) is 0 Å². The molecule has 1 atom stereocenters. The Balaban J connectivity index is 1.75. The van der Waals surface area contributed by atoms with Crippen LogP contribution in [0.1, 0.15) is 59.3 Å². The summed E-state index contributed by atoms with van der Waals surface area (Å²) in [5.74, 6) is 0. The minimum absolute atomic E-state index is 0.111. The average Bonchev–Trinajstić information content (AvgIpc) is 2.25. The Morgan fingerprint density at radius 3 is 2.17 bits per heavy atom. The highest BCUT2D eigenvalue weighted by atomic mass is 16.6. The minimum Gasteiger partial charge on any atom is -0.444 e. The Morgan fingerprint density at radius 2 is 1.78 bits per heavy atom. The first-order valence-electron chi connectivity index (χ1n) is 6.98. The van der Waals surface area contributed by atoms with Crippen molar-refractivity contribution in [3.63, 3.8) is 0 Å². The molecule has 0 aliphatic heterocycles. The van der Waals surface area contributed by atoms with Gasteiger partial charge in [-0.05, 0) is 64.7 Å². The molecule has 0 saturated heterocycles. The van der Waals surface area contributed by atoms with Crippen LogP contribution in [0, 0.1) is 5.41 Å². The number of nitrogens with one attached hydrogen (secondary N) is 1. The molecule has 0 bridgehead atoms. The molecule has 0 aromatic rings. The van der Waals surface area contributed by atoms with Crippen molar-refractivity contribution >= 4 is 6.09 Å². The van der Waals surface area contributed by atoms with Crippen LogP contribution in [0.4, 0.5) is 4.79 Å². The Morgan fingerprint density at radius 1 is 1.22 bits per heavy atom. The van der Waals surface area contributed by atoms with Crippen LogP contribution in [0.5, 0.6) is 0 Å². The summed E-state index contributed by atoms with van der Waals surface area (Å²) in [6.07, 6.45) is 5.62. The van der Waals surface area contributed by atoms with Crippen molar-refractivity contribution in [2.24, 2.45) is 5.41 Å². The number of carbonyl (C=O) groups is 1. The zero-order valence-electron chi connectivity index (χ0n) is 11.7. The number of aliphatic hydroxyl groups is 1. The van der Waals surface area contributed by atoms with Crippen LogP contribution >= 0.6 is 0 Å². The van der Waals surface area contributed by atoms with Crippen LogP contribution in [-0.2, 0) is 4.74 Å². The smallest absolute Gasteiger partial charge is 0.407 e. The fourth-order valence-electron chi connectivity index (χ4n) is 3.08. The van der Waals surface area contributed by atoms with E-state index in [2.05, 4.69) is 5.32 Å². The van der Waals surface area contributed by atoms with Crippen molar-refractivity contribution in [2.75, 3.05) is 0 Å². The van der Waals surface area contributed by atoms with E-state index in [1.807, 2.05) is 20.8 Å². The molecule has 4 heteroatoms. The lowest BCUT2D eigenvalue weighted by molar-refractivity contribution is -0.0907. The van der Waals surface area contributed by atoms with Crippen LogP contribution in [-0.4, -0.2) is 28.9 Å². The van der Waals surface area contributed by atoms with E-state index in [0.29, 0.717) is 0 Å². The number of hydrogen-bond acceptors (Lipinski definition) is 3. The van der Waals surface area contributed by atoms with Gasteiger partial charge in [0.25, 0.3) is 0 Å². The summed E-state index contributed by atoms with van der Waals surface area (Å²) in [6, 6.07) is 0.207. The van der Waals surface area contributed by atoms with Gasteiger partial charge in [-0.3, -0.25) is 0 Å². The fourth-order valence-corrected chi connectivity index (χ4v) is 3.08. The molecule has 0 heterocycles. The van der Waals surface area contributed by atoms with Gasteiger partial charge in [0, 0.05) is 6.04 Å². The van der Waals surface area contributed by atoms with Crippen molar-refractivity contribution in [3.05, 3.63) is 0 Å². The van der Waals surface area contributed by atoms with Crippen LogP contribution in [0.15, 0.2) is 0 Å². The largest absolute Gasteiger partial charge is 0.444 e. The minimum atomic E-state index is -0.440. The second-order valence-corrected chi connectivity index (χ2v) is 6.84. The standard InChI is InChI=1S/C14H25NO3/c1-13(2,3)18-12(17)15-10-4-7-14(8-5-10)9-6-11(14)16/h10-11,16H,4-9H2,1-3H3,(H,15,17)/t10?,11-,14?/m0/s1. The van der Waals surface area contributed by atoms with Gasteiger partial charge in [-0.2, -0.15) is 0 Å². The lowest BCUT2D eigenvalue weighted by Gasteiger charge is -2.50. The van der Waals surface area contributed by atoms with Gasteiger partial charge in [0.15, 0.2) is 0 Å². The van der Waals surface area contributed by atoms with Gasteiger partial charge in [0.1, 0.15) is 5.60 Å². The highest BCUT2D eigenvalue weighted by Crippen LogP contribution is 2.51. The molecule has 0 aromatic heterocycles. The molecule has 18 heavy (non-hydrogen) atoms. The van der Waals surface area contributed by atoms with Crippen molar-refractivity contribution in [2.45, 2.75) is 77.0 Å². The summed E-state index contributed by atoms with van der Waals surface area (Å²) >= 11 is 0. The molecule has 104 valence electrons. The zero-order valence-corrected chi connectivity index (χ0v) is 11.7. The number of aliphatic hydroxyl groups excluding tert-OH is 1. The predicted octanol–water partition coefficient (Wildman–Crippen LogP) is 2.59. The molecule has 1 amide bonds. The Kier molecular flexibility index (Phi) is 3.58. The van der Waals surface area contributed by atoms with Gasteiger partial charge >= 0.3 is 6.09 Å². The van der Waals surface area contributed by atoms with E-state index in [4.69, 9.17) is 4.74 Å². The number of ether oxygens (including phenoxy) is 1. The quantitative estimate of drug-likeness (QED) is 0.757. The van der Waals surface area contributed by atoms with Crippen LogP contribution in [0.3, 0.4) is 0 Å². The molecule has 0 unspecified atom stereocenters. The summed E-state index contributed by atoms with van der Waals surface area (Å²) in [6.45, 7) is 5.60. The number of carbonyl (C=O) groups excluding carboxylic acids is 1. The van der Waals surface area contributed by atoms with Crippen LogP contribution in [0.2, 0.25) is 0 Å². The third kappa shape index (κ3) is 2.97. The predicted molar refractivity (Wildman–Crippen MR) is 69.3 cm³/mol. The number of alkyl carbamates (subject to hydrolysis) is 1.